The van der Waals surface area contributed by atoms with Crippen LogP contribution in [-0.4, -0.2) is 42.7 Å². The lowest BCUT2D eigenvalue weighted by Crippen LogP contribution is -2.55. The van der Waals surface area contributed by atoms with Crippen molar-refractivity contribution in [1.82, 2.24) is 14.6 Å². The van der Waals surface area contributed by atoms with Crippen LogP contribution in [0.2, 0.25) is 0 Å². The van der Waals surface area contributed by atoms with Crippen LogP contribution in [-0.2, 0) is 14.8 Å². The van der Waals surface area contributed by atoms with Crippen LogP contribution >= 0.6 is 0 Å². The summed E-state index contributed by atoms with van der Waals surface area (Å²) in [5.74, 6) is 0.210. The van der Waals surface area contributed by atoms with Crippen molar-refractivity contribution in [1.29, 1.82) is 0 Å². The molecule has 0 spiro atoms. The maximum absolute atomic E-state index is 12.6. The van der Waals surface area contributed by atoms with Gasteiger partial charge in [0.05, 0.1) is 4.90 Å². The highest BCUT2D eigenvalue weighted by atomic mass is 32.2. The van der Waals surface area contributed by atoms with Crippen LogP contribution in [0, 0.1) is 5.92 Å². The van der Waals surface area contributed by atoms with Gasteiger partial charge in [0, 0.05) is 37.8 Å². The van der Waals surface area contributed by atoms with E-state index in [4.69, 9.17) is 0 Å². The van der Waals surface area contributed by atoms with E-state index in [1.54, 1.807) is 0 Å². The van der Waals surface area contributed by atoms with Crippen LogP contribution in [0.3, 0.4) is 0 Å². The average Bonchev–Trinajstić information content (AvgIpc) is 2.47. The van der Waals surface area contributed by atoms with Crippen molar-refractivity contribution < 1.29 is 13.2 Å². The van der Waals surface area contributed by atoms with Gasteiger partial charge in [-0.25, -0.2) is 8.42 Å². The summed E-state index contributed by atoms with van der Waals surface area (Å²) in [4.78, 5) is 24.9. The van der Waals surface area contributed by atoms with E-state index in [0.717, 1.165) is 0 Å². The first-order chi connectivity index (χ1) is 9.96. The van der Waals surface area contributed by atoms with Gasteiger partial charge in [0.15, 0.2) is 0 Å². The Morgan fingerprint density at radius 2 is 2.00 bits per heavy atom. The van der Waals surface area contributed by atoms with Gasteiger partial charge in [0.1, 0.15) is 0 Å². The minimum atomic E-state index is -3.59. The van der Waals surface area contributed by atoms with Gasteiger partial charge in [-0.05, 0) is 24.8 Å². The predicted octanol–water partition coefficient (Wildman–Crippen LogP) is -0.336. The molecule has 2 atom stereocenters. The molecule has 0 saturated carbocycles. The van der Waals surface area contributed by atoms with E-state index in [1.165, 1.54) is 22.6 Å². The Labute approximate surface area is 122 Å². The third-order valence-electron chi connectivity index (χ3n) is 4.18. The number of amides is 1. The molecule has 2 aliphatic rings. The smallest absolute Gasteiger partial charge is 0.247 e. The van der Waals surface area contributed by atoms with Crippen molar-refractivity contribution in [2.45, 2.75) is 30.2 Å². The standard InChI is InChI=1S/C13H17N3O4S/c17-12-4-2-10(7-14-12)21(19,20)16-6-5-11-9(8-16)1-3-13(18)15-11/h2,4,7,9,11H,1,3,5-6,8H2,(H,14,17)(H,15,18). The largest absolute Gasteiger partial charge is 0.353 e. The first-order valence-electron chi connectivity index (χ1n) is 6.95. The molecule has 0 aliphatic carbocycles. The molecule has 1 amide bonds. The Kier molecular flexibility index (Phi) is 3.58. The second-order valence-electron chi connectivity index (χ2n) is 5.51. The first kappa shape index (κ1) is 14.3. The number of aromatic amines is 1. The highest BCUT2D eigenvalue weighted by molar-refractivity contribution is 7.89. The fourth-order valence-electron chi connectivity index (χ4n) is 3.00. The molecule has 2 aliphatic heterocycles. The van der Waals surface area contributed by atoms with Crippen LogP contribution in [0.15, 0.2) is 28.0 Å². The number of pyridine rings is 1. The second kappa shape index (κ2) is 5.27. The second-order valence-corrected chi connectivity index (χ2v) is 7.45. The molecule has 2 N–H and O–H groups in total. The summed E-state index contributed by atoms with van der Waals surface area (Å²) in [7, 11) is -3.59. The third kappa shape index (κ3) is 2.73. The van der Waals surface area contributed by atoms with Crippen molar-refractivity contribution in [3.63, 3.8) is 0 Å². The minimum Gasteiger partial charge on any atom is -0.353 e. The van der Waals surface area contributed by atoms with Crippen molar-refractivity contribution in [3.05, 3.63) is 28.7 Å². The van der Waals surface area contributed by atoms with Gasteiger partial charge in [-0.2, -0.15) is 4.31 Å². The average molecular weight is 311 g/mol. The van der Waals surface area contributed by atoms with E-state index in [2.05, 4.69) is 10.3 Å². The number of fused-ring (bicyclic) bond motifs is 1. The molecule has 21 heavy (non-hydrogen) atoms. The monoisotopic (exact) mass is 311 g/mol. The van der Waals surface area contributed by atoms with Crippen LogP contribution in [0.4, 0.5) is 0 Å². The summed E-state index contributed by atoms with van der Waals surface area (Å²) in [6.07, 6.45) is 3.02. The summed E-state index contributed by atoms with van der Waals surface area (Å²) in [6, 6.07) is 2.61. The number of sulfonamides is 1. The summed E-state index contributed by atoms with van der Waals surface area (Å²) in [5.41, 5.74) is -0.331. The summed E-state index contributed by atoms with van der Waals surface area (Å²) in [5, 5.41) is 2.93. The van der Waals surface area contributed by atoms with Crippen molar-refractivity contribution in [2.24, 2.45) is 5.92 Å². The third-order valence-corrected chi connectivity index (χ3v) is 6.04. The zero-order valence-electron chi connectivity index (χ0n) is 11.4. The number of piperidine rings is 2. The Morgan fingerprint density at radius 3 is 2.71 bits per heavy atom. The Bertz CT molecular complexity index is 692. The number of carbonyl (C=O) groups excluding carboxylic acids is 1. The topological polar surface area (TPSA) is 99.3 Å². The molecule has 2 fully saturated rings. The van der Waals surface area contributed by atoms with E-state index >= 15 is 0 Å². The molecule has 7 nitrogen and oxygen atoms in total. The highest BCUT2D eigenvalue weighted by Crippen LogP contribution is 2.28. The van der Waals surface area contributed by atoms with Gasteiger partial charge in [0.2, 0.25) is 21.5 Å². The molecular formula is C13H17N3O4S. The fourth-order valence-corrected chi connectivity index (χ4v) is 4.48. The molecule has 0 aromatic carbocycles. The Morgan fingerprint density at radius 1 is 1.19 bits per heavy atom. The molecule has 3 heterocycles. The quantitative estimate of drug-likeness (QED) is 0.781. The van der Waals surface area contributed by atoms with E-state index in [-0.39, 0.29) is 28.3 Å². The lowest BCUT2D eigenvalue weighted by atomic mass is 9.86. The number of hydrogen-bond acceptors (Lipinski definition) is 4. The fraction of sp³-hybridized carbons (Fsp3) is 0.538. The molecule has 1 aromatic heterocycles. The van der Waals surface area contributed by atoms with Crippen molar-refractivity contribution >= 4 is 15.9 Å². The molecule has 2 saturated heterocycles. The molecule has 8 heteroatoms. The molecular weight excluding hydrogens is 294 g/mol. The van der Waals surface area contributed by atoms with E-state index in [0.29, 0.717) is 32.4 Å². The number of nitrogens with zero attached hydrogens (tertiary/aromatic N) is 1. The van der Waals surface area contributed by atoms with E-state index < -0.39 is 10.0 Å². The SMILES string of the molecule is O=C1CCC2CN(S(=O)(=O)c3ccc(=O)[nH]c3)CCC2N1. The summed E-state index contributed by atoms with van der Waals surface area (Å²) in [6.45, 7) is 0.787. The normalized spacial score (nSPS) is 27.0. The van der Waals surface area contributed by atoms with Gasteiger partial charge < -0.3 is 10.3 Å². The first-order valence-corrected chi connectivity index (χ1v) is 8.39. The highest BCUT2D eigenvalue weighted by Gasteiger charge is 2.38. The minimum absolute atomic E-state index is 0.0493. The Balaban J connectivity index is 1.80. The molecule has 0 radical (unpaired) electrons. The number of hydrogen-bond donors (Lipinski definition) is 2. The number of nitrogens with one attached hydrogen (secondary N) is 2. The van der Waals surface area contributed by atoms with E-state index in [9.17, 15) is 18.0 Å². The van der Waals surface area contributed by atoms with Crippen LogP contribution in [0.25, 0.3) is 0 Å². The van der Waals surface area contributed by atoms with Crippen LogP contribution in [0.5, 0.6) is 0 Å². The predicted molar refractivity (Wildman–Crippen MR) is 75.1 cm³/mol. The van der Waals surface area contributed by atoms with Gasteiger partial charge in [0.25, 0.3) is 0 Å². The molecule has 3 rings (SSSR count). The molecule has 114 valence electrons. The molecule has 0 bridgehead atoms. The van der Waals surface area contributed by atoms with Gasteiger partial charge in [-0.15, -0.1) is 0 Å². The molecule has 1 aromatic rings. The van der Waals surface area contributed by atoms with Gasteiger partial charge >= 0.3 is 0 Å². The molecule has 2 unspecified atom stereocenters. The zero-order valence-corrected chi connectivity index (χ0v) is 12.2. The van der Waals surface area contributed by atoms with Crippen molar-refractivity contribution in [2.75, 3.05) is 13.1 Å². The zero-order chi connectivity index (χ0) is 15.0. The van der Waals surface area contributed by atoms with Gasteiger partial charge in [-0.1, -0.05) is 0 Å². The van der Waals surface area contributed by atoms with Gasteiger partial charge in [-0.3, -0.25) is 9.59 Å². The summed E-state index contributed by atoms with van der Waals surface area (Å²) >= 11 is 0. The number of rotatable bonds is 2. The lowest BCUT2D eigenvalue weighted by Gasteiger charge is -2.40. The maximum Gasteiger partial charge on any atom is 0.247 e. The number of H-pyrrole nitrogens is 1. The maximum atomic E-state index is 12.6. The van der Waals surface area contributed by atoms with E-state index in [1.807, 2.05) is 0 Å². The number of carbonyl (C=O) groups is 1. The summed E-state index contributed by atoms with van der Waals surface area (Å²) < 4.78 is 26.6. The lowest BCUT2D eigenvalue weighted by molar-refractivity contribution is -0.124. The number of aromatic nitrogens is 1. The van der Waals surface area contributed by atoms with Crippen molar-refractivity contribution in [3.8, 4) is 0 Å². The Hall–Kier alpha value is -1.67. The van der Waals surface area contributed by atoms with Crippen LogP contribution in [0.1, 0.15) is 19.3 Å². The van der Waals surface area contributed by atoms with Crippen LogP contribution < -0.4 is 10.9 Å².